The van der Waals surface area contributed by atoms with Gasteiger partial charge in [0.25, 0.3) is 0 Å². The summed E-state index contributed by atoms with van der Waals surface area (Å²) in [4.78, 5) is 8.49. The van der Waals surface area contributed by atoms with Crippen LogP contribution in [0.15, 0.2) is 6.20 Å². The number of nitrogens with one attached hydrogen (secondary N) is 2. The molecule has 0 aliphatic heterocycles. The number of nitrogens with zero attached hydrogens (tertiary/aromatic N) is 3. The largest absolute Gasteiger partial charge is 0.389 e. The predicted octanol–water partition coefficient (Wildman–Crippen LogP) is 0.844. The summed E-state index contributed by atoms with van der Waals surface area (Å²) in [7, 11) is 0. The Morgan fingerprint density at radius 3 is 2.88 bits per heavy atom. The van der Waals surface area contributed by atoms with E-state index in [0.29, 0.717) is 23.8 Å². The fraction of sp³-hybridized carbons (Fsp3) is 0.500. The molecule has 2 aromatic heterocycles. The molecule has 2 heterocycles. The second-order valence-corrected chi connectivity index (χ2v) is 4.42. The van der Waals surface area contributed by atoms with Gasteiger partial charge in [0.05, 0.1) is 17.2 Å². The second kappa shape index (κ2) is 3.71. The number of anilines is 1. The van der Waals surface area contributed by atoms with Crippen LogP contribution >= 0.6 is 0 Å². The molecule has 0 saturated carbocycles. The summed E-state index contributed by atoms with van der Waals surface area (Å²) in [6.07, 6.45) is 1.67. The van der Waals surface area contributed by atoms with Crippen molar-refractivity contribution < 1.29 is 5.11 Å². The van der Waals surface area contributed by atoms with Gasteiger partial charge in [0.2, 0.25) is 0 Å². The van der Waals surface area contributed by atoms with Gasteiger partial charge in [-0.2, -0.15) is 5.10 Å². The van der Waals surface area contributed by atoms with E-state index in [9.17, 15) is 5.11 Å². The molecule has 16 heavy (non-hydrogen) atoms. The third-order valence-corrected chi connectivity index (χ3v) is 2.11. The minimum atomic E-state index is -0.783. The SMILES string of the molecule is Cc1nc(NCC(C)(C)O)c2cn[nH]c2n1. The monoisotopic (exact) mass is 221 g/mol. The Morgan fingerprint density at radius 1 is 1.44 bits per heavy atom. The number of aromatic amines is 1. The lowest BCUT2D eigenvalue weighted by Crippen LogP contribution is -2.29. The van der Waals surface area contributed by atoms with Crippen molar-refractivity contribution in [3.63, 3.8) is 0 Å². The number of aryl methyl sites for hydroxylation is 1. The minimum Gasteiger partial charge on any atom is -0.389 e. The molecule has 6 heteroatoms. The molecule has 0 saturated heterocycles. The van der Waals surface area contributed by atoms with Gasteiger partial charge >= 0.3 is 0 Å². The van der Waals surface area contributed by atoms with Crippen LogP contribution in [0.5, 0.6) is 0 Å². The molecule has 0 radical (unpaired) electrons. The molecule has 0 bridgehead atoms. The Hall–Kier alpha value is -1.69. The van der Waals surface area contributed by atoms with Crippen molar-refractivity contribution >= 4 is 16.9 Å². The quantitative estimate of drug-likeness (QED) is 0.715. The molecule has 0 atom stereocenters. The van der Waals surface area contributed by atoms with Gasteiger partial charge in [-0.1, -0.05) is 0 Å². The minimum absolute atomic E-state index is 0.420. The number of hydrogen-bond acceptors (Lipinski definition) is 5. The average molecular weight is 221 g/mol. The van der Waals surface area contributed by atoms with Crippen molar-refractivity contribution in [2.24, 2.45) is 0 Å². The summed E-state index contributed by atoms with van der Waals surface area (Å²) >= 11 is 0. The summed E-state index contributed by atoms with van der Waals surface area (Å²) in [5.74, 6) is 1.35. The lowest BCUT2D eigenvalue weighted by molar-refractivity contribution is 0.0944. The van der Waals surface area contributed by atoms with Crippen molar-refractivity contribution in [2.45, 2.75) is 26.4 Å². The molecule has 86 valence electrons. The van der Waals surface area contributed by atoms with Gasteiger partial charge < -0.3 is 10.4 Å². The Labute approximate surface area is 93.1 Å². The number of fused-ring (bicyclic) bond motifs is 1. The first kappa shape index (κ1) is 10.8. The summed E-state index contributed by atoms with van der Waals surface area (Å²) in [6.45, 7) is 5.71. The molecular formula is C10H15N5O. The fourth-order valence-corrected chi connectivity index (χ4v) is 1.38. The Kier molecular flexibility index (Phi) is 2.51. The zero-order chi connectivity index (χ0) is 11.8. The van der Waals surface area contributed by atoms with Crippen LogP contribution in [0.4, 0.5) is 5.82 Å². The lowest BCUT2D eigenvalue weighted by atomic mass is 10.1. The van der Waals surface area contributed by atoms with Crippen LogP contribution in [-0.2, 0) is 0 Å². The summed E-state index contributed by atoms with van der Waals surface area (Å²) < 4.78 is 0. The van der Waals surface area contributed by atoms with Gasteiger partial charge in [-0.15, -0.1) is 0 Å². The van der Waals surface area contributed by atoms with Crippen LogP contribution < -0.4 is 5.32 Å². The van der Waals surface area contributed by atoms with E-state index in [1.54, 1.807) is 20.0 Å². The third kappa shape index (κ3) is 2.27. The highest BCUT2D eigenvalue weighted by molar-refractivity contribution is 5.85. The fourth-order valence-electron chi connectivity index (χ4n) is 1.38. The molecular weight excluding hydrogens is 206 g/mol. The van der Waals surface area contributed by atoms with Crippen LogP contribution in [0, 0.1) is 6.92 Å². The van der Waals surface area contributed by atoms with Gasteiger partial charge in [0.1, 0.15) is 11.6 Å². The highest BCUT2D eigenvalue weighted by Gasteiger charge is 2.14. The van der Waals surface area contributed by atoms with Crippen LogP contribution in [-0.4, -0.2) is 37.4 Å². The molecule has 0 aromatic carbocycles. The first-order chi connectivity index (χ1) is 7.46. The van der Waals surface area contributed by atoms with Gasteiger partial charge in [0.15, 0.2) is 5.65 Å². The topological polar surface area (TPSA) is 86.7 Å². The zero-order valence-electron chi connectivity index (χ0n) is 9.57. The maximum absolute atomic E-state index is 9.64. The Balaban J connectivity index is 2.32. The van der Waals surface area contributed by atoms with Gasteiger partial charge in [-0.05, 0) is 20.8 Å². The van der Waals surface area contributed by atoms with Crippen LogP contribution in [0.3, 0.4) is 0 Å². The van der Waals surface area contributed by atoms with Crippen molar-refractivity contribution in [1.29, 1.82) is 0 Å². The van der Waals surface area contributed by atoms with E-state index in [2.05, 4.69) is 25.5 Å². The van der Waals surface area contributed by atoms with Gasteiger partial charge in [0, 0.05) is 6.54 Å². The molecule has 6 nitrogen and oxygen atoms in total. The summed E-state index contributed by atoms with van der Waals surface area (Å²) in [5.41, 5.74) is -0.0831. The predicted molar refractivity (Wildman–Crippen MR) is 61.2 cm³/mol. The maximum atomic E-state index is 9.64. The molecule has 0 spiro atoms. The zero-order valence-corrected chi connectivity index (χ0v) is 9.57. The van der Waals surface area contributed by atoms with Crippen molar-refractivity contribution in [1.82, 2.24) is 20.2 Å². The first-order valence-electron chi connectivity index (χ1n) is 5.10. The Morgan fingerprint density at radius 2 is 2.19 bits per heavy atom. The molecule has 2 aromatic rings. The average Bonchev–Trinajstić information content (AvgIpc) is 2.60. The molecule has 0 fully saturated rings. The summed E-state index contributed by atoms with van der Waals surface area (Å²) in [5, 5.41) is 20.3. The highest BCUT2D eigenvalue weighted by Crippen LogP contribution is 2.18. The molecule has 0 amide bonds. The molecule has 0 aliphatic carbocycles. The highest BCUT2D eigenvalue weighted by atomic mass is 16.3. The van der Waals surface area contributed by atoms with E-state index in [1.165, 1.54) is 0 Å². The van der Waals surface area contributed by atoms with E-state index in [0.717, 1.165) is 5.39 Å². The third-order valence-electron chi connectivity index (χ3n) is 2.11. The smallest absolute Gasteiger partial charge is 0.161 e. The van der Waals surface area contributed by atoms with Crippen LogP contribution in [0.1, 0.15) is 19.7 Å². The van der Waals surface area contributed by atoms with Crippen LogP contribution in [0.2, 0.25) is 0 Å². The number of H-pyrrole nitrogens is 1. The van der Waals surface area contributed by atoms with Crippen molar-refractivity contribution in [2.75, 3.05) is 11.9 Å². The maximum Gasteiger partial charge on any atom is 0.161 e. The first-order valence-corrected chi connectivity index (χ1v) is 5.10. The van der Waals surface area contributed by atoms with Crippen molar-refractivity contribution in [3.8, 4) is 0 Å². The van der Waals surface area contributed by atoms with E-state index in [1.807, 2.05) is 6.92 Å². The Bertz CT molecular complexity index is 499. The van der Waals surface area contributed by atoms with E-state index in [-0.39, 0.29) is 0 Å². The molecule has 3 N–H and O–H groups in total. The molecule has 0 aliphatic rings. The number of rotatable bonds is 3. The van der Waals surface area contributed by atoms with E-state index in [4.69, 9.17) is 0 Å². The van der Waals surface area contributed by atoms with Gasteiger partial charge in [-0.3, -0.25) is 5.10 Å². The number of aromatic nitrogens is 4. The molecule has 0 unspecified atom stereocenters. The standard InChI is InChI=1S/C10H15N5O/c1-6-13-8(11-5-10(2,3)16)7-4-12-15-9(7)14-6/h4,16H,5H2,1-3H3,(H2,11,12,13,14,15). The second-order valence-electron chi connectivity index (χ2n) is 4.42. The van der Waals surface area contributed by atoms with Crippen molar-refractivity contribution in [3.05, 3.63) is 12.0 Å². The summed E-state index contributed by atoms with van der Waals surface area (Å²) in [6, 6.07) is 0. The van der Waals surface area contributed by atoms with E-state index < -0.39 is 5.60 Å². The van der Waals surface area contributed by atoms with Gasteiger partial charge in [-0.25, -0.2) is 9.97 Å². The number of hydrogen-bond donors (Lipinski definition) is 3. The molecule has 2 rings (SSSR count). The van der Waals surface area contributed by atoms with E-state index >= 15 is 0 Å². The number of aliphatic hydroxyl groups is 1. The van der Waals surface area contributed by atoms with Crippen LogP contribution in [0.25, 0.3) is 11.0 Å². The lowest BCUT2D eigenvalue weighted by Gasteiger charge is -2.18. The normalized spacial score (nSPS) is 12.0.